The molecule has 4 saturated carbocycles. The first-order valence-corrected chi connectivity index (χ1v) is 17.3. The molecular formula is C25H48N4O4S2. The fraction of sp³-hybridized carbons (Fsp3) is 1.00. The van der Waals surface area contributed by atoms with Crippen LogP contribution in [0.1, 0.15) is 122 Å². The van der Waals surface area contributed by atoms with E-state index in [0.29, 0.717) is 11.8 Å². The van der Waals surface area contributed by atoms with Crippen LogP contribution in [0.5, 0.6) is 0 Å². The first-order chi connectivity index (χ1) is 16.8. The molecule has 0 bridgehead atoms. The number of rotatable bonds is 10. The van der Waals surface area contributed by atoms with Gasteiger partial charge in [0.05, 0.1) is 0 Å². The van der Waals surface area contributed by atoms with E-state index in [2.05, 4.69) is 18.9 Å². The summed E-state index contributed by atoms with van der Waals surface area (Å²) in [6.45, 7) is 0. The van der Waals surface area contributed by atoms with Gasteiger partial charge in [0.2, 0.25) is 0 Å². The van der Waals surface area contributed by atoms with Crippen LogP contribution < -0.4 is 18.9 Å². The van der Waals surface area contributed by atoms with Crippen LogP contribution in [0.15, 0.2) is 0 Å². The maximum atomic E-state index is 12.5. The molecule has 35 heavy (non-hydrogen) atoms. The fourth-order valence-electron chi connectivity index (χ4n) is 6.89. The molecule has 0 aromatic rings. The normalized spacial score (nSPS) is 32.5. The molecule has 0 heterocycles. The summed E-state index contributed by atoms with van der Waals surface area (Å²) in [6.07, 6.45) is 19.9. The SMILES string of the molecule is O=S(=O)(NC1CCCCC1)NC1CCC(CC2CCC(NS(=O)(=O)NC3CCCCC3)CC2)CC1. The van der Waals surface area contributed by atoms with Crippen LogP contribution in [-0.2, 0) is 20.4 Å². The van der Waals surface area contributed by atoms with E-state index in [-0.39, 0.29) is 24.2 Å². The summed E-state index contributed by atoms with van der Waals surface area (Å²) >= 11 is 0. The van der Waals surface area contributed by atoms with E-state index in [0.717, 1.165) is 103 Å². The van der Waals surface area contributed by atoms with Gasteiger partial charge in [0.1, 0.15) is 0 Å². The van der Waals surface area contributed by atoms with Crippen molar-refractivity contribution in [3.8, 4) is 0 Å². The average molecular weight is 533 g/mol. The Morgan fingerprint density at radius 1 is 0.400 bits per heavy atom. The van der Waals surface area contributed by atoms with Gasteiger partial charge in [-0.05, 0) is 95.3 Å². The molecule has 0 amide bonds. The Morgan fingerprint density at radius 3 is 1.00 bits per heavy atom. The highest BCUT2D eigenvalue weighted by Gasteiger charge is 2.31. The molecule has 4 aliphatic rings. The largest absolute Gasteiger partial charge is 0.277 e. The van der Waals surface area contributed by atoms with Crippen molar-refractivity contribution < 1.29 is 16.8 Å². The van der Waals surface area contributed by atoms with Gasteiger partial charge in [-0.25, -0.2) is 0 Å². The van der Waals surface area contributed by atoms with Crippen LogP contribution in [0, 0.1) is 11.8 Å². The van der Waals surface area contributed by atoms with Gasteiger partial charge >= 0.3 is 0 Å². The lowest BCUT2D eigenvalue weighted by molar-refractivity contribution is 0.217. The van der Waals surface area contributed by atoms with E-state index in [4.69, 9.17) is 0 Å². The first-order valence-electron chi connectivity index (χ1n) is 14.4. The number of hydrogen-bond donors (Lipinski definition) is 4. The topological polar surface area (TPSA) is 116 Å². The standard InChI is InChI=1S/C25H48N4O4S2/c30-34(31,26-22-7-3-1-4-8-22)28-24-15-11-20(12-16-24)19-21-13-17-25(18-14-21)29-35(32,33)27-23-9-5-2-6-10-23/h20-29H,1-19H2. The van der Waals surface area contributed by atoms with Crippen molar-refractivity contribution in [3.05, 3.63) is 0 Å². The number of nitrogens with one attached hydrogen (secondary N) is 4. The lowest BCUT2D eigenvalue weighted by Gasteiger charge is -2.34. The van der Waals surface area contributed by atoms with Gasteiger partial charge in [-0.2, -0.15) is 35.7 Å². The van der Waals surface area contributed by atoms with Crippen LogP contribution in [-0.4, -0.2) is 41.0 Å². The van der Waals surface area contributed by atoms with Crippen molar-refractivity contribution >= 4 is 20.4 Å². The maximum Gasteiger partial charge on any atom is 0.277 e. The summed E-state index contributed by atoms with van der Waals surface area (Å²) in [5.74, 6) is 1.32. The molecule has 0 saturated heterocycles. The monoisotopic (exact) mass is 532 g/mol. The van der Waals surface area contributed by atoms with Crippen LogP contribution in [0.4, 0.5) is 0 Å². The molecule has 4 aliphatic carbocycles. The third-order valence-electron chi connectivity index (χ3n) is 8.86. The molecule has 0 aromatic heterocycles. The smallest absolute Gasteiger partial charge is 0.199 e. The van der Waals surface area contributed by atoms with E-state index in [1.807, 2.05) is 0 Å². The summed E-state index contributed by atoms with van der Waals surface area (Å²) in [6, 6.07) is 0.295. The van der Waals surface area contributed by atoms with Gasteiger partial charge in [0, 0.05) is 24.2 Å². The Balaban J connectivity index is 1.11. The molecule has 0 radical (unpaired) electrons. The highest BCUT2D eigenvalue weighted by Crippen LogP contribution is 2.35. The Kier molecular flexibility index (Phi) is 10.3. The van der Waals surface area contributed by atoms with Crippen molar-refractivity contribution in [2.24, 2.45) is 11.8 Å². The summed E-state index contributed by atoms with van der Waals surface area (Å²) in [5.41, 5.74) is 0. The minimum atomic E-state index is -3.42. The van der Waals surface area contributed by atoms with E-state index in [1.165, 1.54) is 19.3 Å². The van der Waals surface area contributed by atoms with E-state index >= 15 is 0 Å². The van der Waals surface area contributed by atoms with Gasteiger partial charge in [-0.15, -0.1) is 0 Å². The van der Waals surface area contributed by atoms with E-state index in [1.54, 1.807) is 0 Å². The summed E-state index contributed by atoms with van der Waals surface area (Å²) in [7, 11) is -6.84. The Hall–Kier alpha value is -0.260. The third-order valence-corrected chi connectivity index (χ3v) is 11.4. The lowest BCUT2D eigenvalue weighted by atomic mass is 9.76. The second-order valence-corrected chi connectivity index (χ2v) is 14.8. The predicted molar refractivity (Wildman–Crippen MR) is 140 cm³/mol. The molecule has 10 heteroatoms. The predicted octanol–water partition coefficient (Wildman–Crippen LogP) is 4.01. The summed E-state index contributed by atoms with van der Waals surface area (Å²) in [5, 5.41) is 0. The van der Waals surface area contributed by atoms with Crippen LogP contribution in [0.25, 0.3) is 0 Å². The molecule has 0 spiro atoms. The minimum absolute atomic E-state index is 0.0501. The van der Waals surface area contributed by atoms with Crippen LogP contribution in [0.3, 0.4) is 0 Å². The number of hydrogen-bond acceptors (Lipinski definition) is 4. The molecular weight excluding hydrogens is 484 g/mol. The van der Waals surface area contributed by atoms with Gasteiger partial charge in [0.25, 0.3) is 20.4 Å². The zero-order chi connectivity index (χ0) is 24.7. The van der Waals surface area contributed by atoms with Gasteiger partial charge in [0.15, 0.2) is 0 Å². The highest BCUT2D eigenvalue weighted by molar-refractivity contribution is 7.87. The Labute approximate surface area is 213 Å². The zero-order valence-electron chi connectivity index (χ0n) is 21.3. The highest BCUT2D eigenvalue weighted by atomic mass is 32.2. The van der Waals surface area contributed by atoms with Crippen LogP contribution >= 0.6 is 0 Å². The van der Waals surface area contributed by atoms with E-state index in [9.17, 15) is 16.8 Å². The second-order valence-electron chi connectivity index (χ2n) is 11.8. The molecule has 4 rings (SSSR count). The van der Waals surface area contributed by atoms with Gasteiger partial charge in [-0.3, -0.25) is 0 Å². The van der Waals surface area contributed by atoms with Crippen molar-refractivity contribution in [2.45, 2.75) is 146 Å². The molecule has 0 aliphatic heterocycles. The molecule has 204 valence electrons. The fourth-order valence-corrected chi connectivity index (χ4v) is 9.72. The van der Waals surface area contributed by atoms with Crippen molar-refractivity contribution in [3.63, 3.8) is 0 Å². The third kappa shape index (κ3) is 9.52. The summed E-state index contributed by atoms with van der Waals surface area (Å²) in [4.78, 5) is 0. The van der Waals surface area contributed by atoms with Gasteiger partial charge < -0.3 is 0 Å². The summed E-state index contributed by atoms with van der Waals surface area (Å²) < 4.78 is 61.7. The average Bonchev–Trinajstić information content (AvgIpc) is 2.82. The van der Waals surface area contributed by atoms with Crippen molar-refractivity contribution in [1.82, 2.24) is 18.9 Å². The van der Waals surface area contributed by atoms with Crippen molar-refractivity contribution in [2.75, 3.05) is 0 Å². The molecule has 4 N–H and O–H groups in total. The molecule has 0 unspecified atom stereocenters. The first kappa shape index (κ1) is 27.8. The van der Waals surface area contributed by atoms with E-state index < -0.39 is 20.4 Å². The molecule has 4 fully saturated rings. The quantitative estimate of drug-likeness (QED) is 0.340. The van der Waals surface area contributed by atoms with Crippen LogP contribution in [0.2, 0.25) is 0 Å². The molecule has 0 atom stereocenters. The second kappa shape index (κ2) is 13.0. The zero-order valence-corrected chi connectivity index (χ0v) is 23.0. The Morgan fingerprint density at radius 2 is 0.686 bits per heavy atom. The lowest BCUT2D eigenvalue weighted by Crippen LogP contribution is -2.48. The van der Waals surface area contributed by atoms with Gasteiger partial charge in [-0.1, -0.05) is 38.5 Å². The molecule has 0 aromatic carbocycles. The minimum Gasteiger partial charge on any atom is -0.199 e. The maximum absolute atomic E-state index is 12.5. The molecule has 8 nitrogen and oxygen atoms in total. The van der Waals surface area contributed by atoms with Crippen molar-refractivity contribution in [1.29, 1.82) is 0 Å². The Bertz CT molecular complexity index is 769.